The predicted octanol–water partition coefficient (Wildman–Crippen LogP) is 3.63. The average Bonchev–Trinajstić information content (AvgIpc) is 2.96. The van der Waals surface area contributed by atoms with Gasteiger partial charge in [0.1, 0.15) is 0 Å². The number of hydrogen-bond acceptors (Lipinski definition) is 3. The van der Waals surface area contributed by atoms with Gasteiger partial charge in [0.25, 0.3) is 0 Å². The number of nitrogens with one attached hydrogen (secondary N) is 1. The third kappa shape index (κ3) is 3.95. The van der Waals surface area contributed by atoms with E-state index in [4.69, 9.17) is 0 Å². The molecule has 21 heavy (non-hydrogen) atoms. The molecule has 4 unspecified atom stereocenters. The van der Waals surface area contributed by atoms with E-state index in [1.54, 1.807) is 0 Å². The lowest BCUT2D eigenvalue weighted by molar-refractivity contribution is -0.132. The number of hydrogen-bond donors (Lipinski definition) is 1. The number of carbonyl (C=O) groups excluding carboxylic acids is 1. The molecule has 3 nitrogen and oxygen atoms in total. The zero-order chi connectivity index (χ0) is 15.4. The monoisotopic (exact) mass is 312 g/mol. The maximum atomic E-state index is 12.9. The fourth-order valence-corrected chi connectivity index (χ4v) is 5.13. The van der Waals surface area contributed by atoms with E-state index in [1.165, 1.54) is 19.3 Å². The highest BCUT2D eigenvalue weighted by atomic mass is 32.2. The molecule has 0 aromatic carbocycles. The first-order valence-electron chi connectivity index (χ1n) is 8.78. The van der Waals surface area contributed by atoms with Crippen LogP contribution in [0.2, 0.25) is 0 Å². The summed E-state index contributed by atoms with van der Waals surface area (Å²) in [5.74, 6) is 2.10. The summed E-state index contributed by atoms with van der Waals surface area (Å²) in [5.41, 5.74) is 0. The van der Waals surface area contributed by atoms with Crippen molar-refractivity contribution in [3.8, 4) is 0 Å². The van der Waals surface area contributed by atoms with Crippen molar-refractivity contribution in [2.45, 2.75) is 89.7 Å². The Bertz CT molecular complexity index is 348. The summed E-state index contributed by atoms with van der Waals surface area (Å²) in [6.07, 6.45) is 7.21. The fourth-order valence-electron chi connectivity index (χ4n) is 3.88. The van der Waals surface area contributed by atoms with Crippen molar-refractivity contribution >= 4 is 17.7 Å². The van der Waals surface area contributed by atoms with E-state index in [0.29, 0.717) is 23.1 Å². The van der Waals surface area contributed by atoms with Crippen molar-refractivity contribution in [1.82, 2.24) is 10.2 Å². The molecular weight excluding hydrogens is 280 g/mol. The molecule has 1 saturated carbocycles. The van der Waals surface area contributed by atoms with Gasteiger partial charge in [-0.2, -0.15) is 11.8 Å². The standard InChI is InChI=1S/C17H32N2OS/c1-5-8-16-18-13(11-12(3)4)17(20)19(16)14-9-7-10-15(14)21-6-2/h12-16,18H,5-11H2,1-4H3. The van der Waals surface area contributed by atoms with Gasteiger partial charge in [0, 0.05) is 11.3 Å². The minimum absolute atomic E-state index is 0.0504. The fraction of sp³-hybridized carbons (Fsp3) is 0.941. The molecule has 2 rings (SSSR count). The molecule has 1 heterocycles. The van der Waals surface area contributed by atoms with Crippen molar-refractivity contribution in [3.05, 3.63) is 0 Å². The van der Waals surface area contributed by atoms with Gasteiger partial charge in [-0.3, -0.25) is 10.1 Å². The zero-order valence-corrected chi connectivity index (χ0v) is 14.9. The molecule has 122 valence electrons. The van der Waals surface area contributed by atoms with Crippen molar-refractivity contribution in [1.29, 1.82) is 0 Å². The van der Waals surface area contributed by atoms with E-state index >= 15 is 0 Å². The van der Waals surface area contributed by atoms with E-state index in [1.807, 2.05) is 11.8 Å². The van der Waals surface area contributed by atoms with Crippen molar-refractivity contribution in [3.63, 3.8) is 0 Å². The summed E-state index contributed by atoms with van der Waals surface area (Å²) < 4.78 is 0. The highest BCUT2D eigenvalue weighted by molar-refractivity contribution is 7.99. The van der Waals surface area contributed by atoms with Crippen LogP contribution in [0.4, 0.5) is 0 Å². The lowest BCUT2D eigenvalue weighted by Gasteiger charge is -2.33. The number of thioether (sulfide) groups is 1. The summed E-state index contributed by atoms with van der Waals surface area (Å²) in [6.45, 7) is 8.86. The minimum Gasteiger partial charge on any atom is -0.322 e. The molecule has 0 aromatic rings. The first-order chi connectivity index (χ1) is 10.1. The highest BCUT2D eigenvalue weighted by Crippen LogP contribution is 2.36. The highest BCUT2D eigenvalue weighted by Gasteiger charge is 2.45. The maximum Gasteiger partial charge on any atom is 0.241 e. The molecule has 1 aliphatic carbocycles. The summed E-state index contributed by atoms with van der Waals surface area (Å²) in [6, 6.07) is 0.512. The normalized spacial score (nSPS) is 33.4. The van der Waals surface area contributed by atoms with E-state index in [9.17, 15) is 4.79 Å². The number of rotatable bonds is 7. The summed E-state index contributed by atoms with van der Waals surface area (Å²) >= 11 is 2.05. The van der Waals surface area contributed by atoms with Gasteiger partial charge in [0.15, 0.2) is 0 Å². The van der Waals surface area contributed by atoms with Crippen LogP contribution in [0.25, 0.3) is 0 Å². The molecule has 1 amide bonds. The number of nitrogens with zero attached hydrogens (tertiary/aromatic N) is 1. The van der Waals surface area contributed by atoms with E-state index in [-0.39, 0.29) is 12.2 Å². The Hall–Kier alpha value is -0.220. The van der Waals surface area contributed by atoms with Gasteiger partial charge in [0.2, 0.25) is 5.91 Å². The second-order valence-electron chi connectivity index (χ2n) is 6.89. The van der Waals surface area contributed by atoms with E-state index in [0.717, 1.165) is 25.0 Å². The summed E-state index contributed by atoms with van der Waals surface area (Å²) in [4.78, 5) is 15.2. The first kappa shape index (κ1) is 17.1. The van der Waals surface area contributed by atoms with Crippen LogP contribution in [0.1, 0.15) is 66.2 Å². The lowest BCUT2D eigenvalue weighted by atomic mass is 10.0. The summed E-state index contributed by atoms with van der Waals surface area (Å²) in [5, 5.41) is 4.28. The number of amides is 1. The van der Waals surface area contributed by atoms with Crippen LogP contribution in [-0.2, 0) is 4.79 Å². The van der Waals surface area contributed by atoms with Gasteiger partial charge in [-0.1, -0.05) is 40.5 Å². The van der Waals surface area contributed by atoms with Gasteiger partial charge < -0.3 is 4.90 Å². The summed E-state index contributed by atoms with van der Waals surface area (Å²) in [7, 11) is 0. The smallest absolute Gasteiger partial charge is 0.241 e. The molecule has 4 heteroatoms. The van der Waals surface area contributed by atoms with Crippen LogP contribution in [-0.4, -0.2) is 40.1 Å². The van der Waals surface area contributed by atoms with Crippen LogP contribution in [0.5, 0.6) is 0 Å². The molecule has 0 bridgehead atoms. The van der Waals surface area contributed by atoms with Crippen LogP contribution < -0.4 is 5.32 Å². The quantitative estimate of drug-likeness (QED) is 0.779. The Balaban J connectivity index is 2.11. The Morgan fingerprint density at radius 2 is 2.10 bits per heavy atom. The molecule has 0 spiro atoms. The van der Waals surface area contributed by atoms with Gasteiger partial charge in [-0.15, -0.1) is 0 Å². The maximum absolute atomic E-state index is 12.9. The third-order valence-electron chi connectivity index (χ3n) is 4.71. The van der Waals surface area contributed by atoms with E-state index < -0.39 is 0 Å². The Morgan fingerprint density at radius 1 is 1.33 bits per heavy atom. The molecule has 4 atom stereocenters. The van der Waals surface area contributed by atoms with Crippen molar-refractivity contribution < 1.29 is 4.79 Å². The van der Waals surface area contributed by atoms with Crippen molar-refractivity contribution in [2.24, 2.45) is 5.92 Å². The number of carbonyl (C=O) groups is 1. The molecule has 2 fully saturated rings. The molecule has 2 aliphatic rings. The zero-order valence-electron chi connectivity index (χ0n) is 14.1. The molecule has 0 radical (unpaired) electrons. The Morgan fingerprint density at radius 3 is 2.71 bits per heavy atom. The lowest BCUT2D eigenvalue weighted by Crippen LogP contribution is -2.47. The van der Waals surface area contributed by atoms with Crippen LogP contribution in [0.3, 0.4) is 0 Å². The van der Waals surface area contributed by atoms with Crippen LogP contribution >= 0.6 is 11.8 Å². The predicted molar refractivity (Wildman–Crippen MR) is 91.5 cm³/mol. The molecule has 1 aliphatic heterocycles. The van der Waals surface area contributed by atoms with E-state index in [2.05, 4.69) is 37.9 Å². The average molecular weight is 313 g/mol. The molecule has 1 saturated heterocycles. The van der Waals surface area contributed by atoms with Gasteiger partial charge in [-0.05, 0) is 37.4 Å². The minimum atomic E-state index is 0.0504. The molecule has 1 N–H and O–H groups in total. The largest absolute Gasteiger partial charge is 0.322 e. The molecular formula is C17H32N2OS. The van der Waals surface area contributed by atoms with Crippen molar-refractivity contribution in [2.75, 3.05) is 5.75 Å². The van der Waals surface area contributed by atoms with Gasteiger partial charge >= 0.3 is 0 Å². The molecule has 0 aromatic heterocycles. The van der Waals surface area contributed by atoms with Crippen LogP contribution in [0, 0.1) is 5.92 Å². The Kier molecular flexibility index (Phi) is 6.42. The topological polar surface area (TPSA) is 32.3 Å². The van der Waals surface area contributed by atoms with Crippen LogP contribution in [0.15, 0.2) is 0 Å². The SMILES string of the molecule is CCCC1NC(CC(C)C)C(=O)N1C1CCCC1SCC. The second-order valence-corrected chi connectivity index (χ2v) is 8.41. The van der Waals surface area contributed by atoms with Gasteiger partial charge in [0.05, 0.1) is 12.2 Å². The third-order valence-corrected chi connectivity index (χ3v) is 6.02. The van der Waals surface area contributed by atoms with Gasteiger partial charge in [-0.25, -0.2) is 0 Å². The Labute approximate surface area is 134 Å². The second kappa shape index (κ2) is 7.87. The first-order valence-corrected chi connectivity index (χ1v) is 9.83.